The average Bonchev–Trinajstić information content (AvgIpc) is 3.08. The number of fused-ring (bicyclic) bond motifs is 1. The summed E-state index contributed by atoms with van der Waals surface area (Å²) in [7, 11) is 1.58. The zero-order valence-electron chi connectivity index (χ0n) is 18.1. The smallest absolute Gasteiger partial charge is 0.338 e. The van der Waals surface area contributed by atoms with Crippen LogP contribution in [0.2, 0.25) is 0 Å². The number of thiazole rings is 1. The Bertz CT molecular complexity index is 1440. The van der Waals surface area contributed by atoms with E-state index in [2.05, 4.69) is 20.9 Å². The number of hydrogen-bond acceptors (Lipinski definition) is 6. The summed E-state index contributed by atoms with van der Waals surface area (Å²) in [5.74, 6) is -0.282. The molecule has 0 saturated heterocycles. The van der Waals surface area contributed by atoms with E-state index in [9.17, 15) is 14.0 Å². The van der Waals surface area contributed by atoms with Crippen molar-refractivity contribution >= 4 is 39.3 Å². The van der Waals surface area contributed by atoms with Crippen molar-refractivity contribution in [1.29, 1.82) is 0 Å². The maximum atomic E-state index is 13.6. The molecule has 2 aromatic carbocycles. The Kier molecular flexibility index (Phi) is 6.62. The number of esters is 1. The third kappa shape index (κ3) is 4.43. The van der Waals surface area contributed by atoms with Crippen LogP contribution < -0.4 is 19.6 Å². The van der Waals surface area contributed by atoms with Gasteiger partial charge in [0.1, 0.15) is 11.6 Å². The number of nitrogens with zero attached hydrogens (tertiary/aromatic N) is 2. The fourth-order valence-electron chi connectivity index (χ4n) is 3.68. The number of hydrogen-bond donors (Lipinski definition) is 0. The molecule has 0 spiro atoms. The van der Waals surface area contributed by atoms with E-state index in [0.29, 0.717) is 26.3 Å². The molecule has 0 radical (unpaired) electrons. The van der Waals surface area contributed by atoms with Gasteiger partial charge in [0.05, 0.1) is 40.0 Å². The summed E-state index contributed by atoms with van der Waals surface area (Å²) >= 11 is 4.68. The summed E-state index contributed by atoms with van der Waals surface area (Å²) in [6.07, 6.45) is 1.76. The van der Waals surface area contributed by atoms with Crippen molar-refractivity contribution in [3.8, 4) is 5.75 Å². The van der Waals surface area contributed by atoms with Crippen LogP contribution in [0, 0.1) is 5.82 Å². The zero-order chi connectivity index (χ0) is 23.7. The highest BCUT2D eigenvalue weighted by molar-refractivity contribution is 9.10. The zero-order valence-corrected chi connectivity index (χ0v) is 20.5. The standard InChI is InChI=1S/C24H20BrFN2O4S/c1-4-32-23(30)20-13(2)27-24-28(21(20)15-6-8-16(26)9-7-15)22(29)19(33-24)12-14-5-10-18(31-3)17(25)11-14/h5-12,21H,4H2,1-3H3/b19-12-/t21-/m0/s1. The molecule has 0 fully saturated rings. The van der Waals surface area contributed by atoms with Crippen LogP contribution in [-0.2, 0) is 9.53 Å². The third-order valence-electron chi connectivity index (χ3n) is 5.18. The summed E-state index contributed by atoms with van der Waals surface area (Å²) in [4.78, 5) is 31.3. The lowest BCUT2D eigenvalue weighted by molar-refractivity contribution is -0.139. The number of ether oxygens (including phenoxy) is 2. The molecular formula is C24H20BrFN2O4S. The van der Waals surface area contributed by atoms with Crippen LogP contribution in [0.1, 0.15) is 31.0 Å². The van der Waals surface area contributed by atoms with Crippen LogP contribution in [-0.4, -0.2) is 24.3 Å². The molecule has 9 heteroatoms. The predicted octanol–water partition coefficient (Wildman–Crippen LogP) is 3.71. The lowest BCUT2D eigenvalue weighted by atomic mass is 9.96. The summed E-state index contributed by atoms with van der Waals surface area (Å²) < 4.78 is 26.8. The number of carbonyl (C=O) groups is 1. The molecule has 3 aromatic rings. The van der Waals surface area contributed by atoms with E-state index in [1.54, 1.807) is 45.2 Å². The molecule has 6 nitrogen and oxygen atoms in total. The molecule has 0 saturated carbocycles. The van der Waals surface area contributed by atoms with Crippen molar-refractivity contribution < 1.29 is 18.7 Å². The van der Waals surface area contributed by atoms with E-state index in [-0.39, 0.29) is 17.7 Å². The van der Waals surface area contributed by atoms with E-state index in [0.717, 1.165) is 10.0 Å². The molecule has 1 aliphatic rings. The number of rotatable bonds is 5. The topological polar surface area (TPSA) is 69.9 Å². The summed E-state index contributed by atoms with van der Waals surface area (Å²) in [5, 5.41) is 0. The number of aromatic nitrogens is 1. The Hall–Kier alpha value is -3.04. The number of benzene rings is 2. The Balaban J connectivity index is 1.93. The van der Waals surface area contributed by atoms with Crippen LogP contribution in [0.5, 0.6) is 5.75 Å². The first-order chi connectivity index (χ1) is 15.8. The first-order valence-electron chi connectivity index (χ1n) is 10.1. The maximum Gasteiger partial charge on any atom is 0.338 e. The lowest BCUT2D eigenvalue weighted by Crippen LogP contribution is -2.39. The van der Waals surface area contributed by atoms with Gasteiger partial charge in [-0.05, 0) is 71.2 Å². The first kappa shape index (κ1) is 23.1. The van der Waals surface area contributed by atoms with Crippen LogP contribution in [0.4, 0.5) is 4.39 Å². The van der Waals surface area contributed by atoms with Crippen LogP contribution in [0.15, 0.2) is 68.0 Å². The molecule has 33 heavy (non-hydrogen) atoms. The van der Waals surface area contributed by atoms with Gasteiger partial charge in [0.25, 0.3) is 5.56 Å². The molecule has 1 aromatic heterocycles. The third-order valence-corrected chi connectivity index (χ3v) is 6.78. The van der Waals surface area contributed by atoms with Crippen molar-refractivity contribution in [3.63, 3.8) is 0 Å². The Labute approximate surface area is 201 Å². The van der Waals surface area contributed by atoms with E-state index < -0.39 is 17.8 Å². The molecular weight excluding hydrogens is 511 g/mol. The quantitative estimate of drug-likeness (QED) is 0.471. The summed E-state index contributed by atoms with van der Waals surface area (Å²) in [5.41, 5.74) is 1.81. The van der Waals surface area contributed by atoms with Crippen molar-refractivity contribution in [2.45, 2.75) is 19.9 Å². The molecule has 0 unspecified atom stereocenters. The van der Waals surface area contributed by atoms with Crippen molar-refractivity contribution in [2.24, 2.45) is 4.99 Å². The van der Waals surface area contributed by atoms with Gasteiger partial charge in [0.2, 0.25) is 0 Å². The number of halogens is 2. The highest BCUT2D eigenvalue weighted by Crippen LogP contribution is 2.31. The molecule has 1 aliphatic heterocycles. The highest BCUT2D eigenvalue weighted by atomic mass is 79.9. The normalized spacial score (nSPS) is 15.8. The Morgan fingerprint density at radius 1 is 1.27 bits per heavy atom. The maximum absolute atomic E-state index is 13.6. The molecule has 4 rings (SSSR count). The van der Waals surface area contributed by atoms with Crippen molar-refractivity contribution in [2.75, 3.05) is 13.7 Å². The molecule has 0 bridgehead atoms. The van der Waals surface area contributed by atoms with Gasteiger partial charge in [-0.25, -0.2) is 14.2 Å². The number of allylic oxidation sites excluding steroid dienone is 1. The van der Waals surface area contributed by atoms with Gasteiger partial charge in [-0.3, -0.25) is 9.36 Å². The molecule has 0 aliphatic carbocycles. The fourth-order valence-corrected chi connectivity index (χ4v) is 5.28. The molecule has 0 amide bonds. The second-order valence-corrected chi connectivity index (χ2v) is 9.11. The van der Waals surface area contributed by atoms with Gasteiger partial charge >= 0.3 is 5.97 Å². The average molecular weight is 531 g/mol. The highest BCUT2D eigenvalue weighted by Gasteiger charge is 2.33. The minimum absolute atomic E-state index is 0.183. The van der Waals surface area contributed by atoms with E-state index >= 15 is 0 Å². The SMILES string of the molecule is CCOC(=O)C1=C(C)N=c2s/c(=C\c3ccc(OC)c(Br)c3)c(=O)n2[C@H]1c1ccc(F)cc1. The largest absolute Gasteiger partial charge is 0.496 e. The van der Waals surface area contributed by atoms with Gasteiger partial charge in [-0.1, -0.05) is 29.5 Å². The van der Waals surface area contributed by atoms with Crippen LogP contribution in [0.25, 0.3) is 6.08 Å². The predicted molar refractivity (Wildman–Crippen MR) is 127 cm³/mol. The van der Waals surface area contributed by atoms with Gasteiger partial charge in [-0.15, -0.1) is 0 Å². The monoisotopic (exact) mass is 530 g/mol. The Morgan fingerprint density at radius 3 is 2.64 bits per heavy atom. The van der Waals surface area contributed by atoms with Gasteiger partial charge in [0, 0.05) is 0 Å². The molecule has 170 valence electrons. The van der Waals surface area contributed by atoms with Crippen molar-refractivity contribution in [3.05, 3.63) is 94.8 Å². The second-order valence-electron chi connectivity index (χ2n) is 7.25. The van der Waals surface area contributed by atoms with E-state index in [4.69, 9.17) is 9.47 Å². The molecule has 0 N–H and O–H groups in total. The molecule has 2 heterocycles. The minimum atomic E-state index is -0.773. The summed E-state index contributed by atoms with van der Waals surface area (Å²) in [6, 6.07) is 10.5. The van der Waals surface area contributed by atoms with E-state index in [1.807, 2.05) is 12.1 Å². The van der Waals surface area contributed by atoms with E-state index in [1.165, 1.54) is 28.0 Å². The number of methoxy groups -OCH3 is 1. The second kappa shape index (κ2) is 9.44. The van der Waals surface area contributed by atoms with Gasteiger partial charge in [-0.2, -0.15) is 0 Å². The van der Waals surface area contributed by atoms with Crippen LogP contribution >= 0.6 is 27.3 Å². The fraction of sp³-hybridized carbons (Fsp3) is 0.208. The molecule has 1 atom stereocenters. The number of carbonyl (C=O) groups excluding carboxylic acids is 1. The Morgan fingerprint density at radius 2 is 2.00 bits per heavy atom. The minimum Gasteiger partial charge on any atom is -0.496 e. The lowest BCUT2D eigenvalue weighted by Gasteiger charge is -2.24. The first-order valence-corrected chi connectivity index (χ1v) is 11.7. The van der Waals surface area contributed by atoms with Crippen molar-refractivity contribution in [1.82, 2.24) is 4.57 Å². The summed E-state index contributed by atoms with van der Waals surface area (Å²) in [6.45, 7) is 3.60. The van der Waals surface area contributed by atoms with Gasteiger partial charge in [0.15, 0.2) is 4.80 Å². The van der Waals surface area contributed by atoms with Crippen LogP contribution in [0.3, 0.4) is 0 Å². The van der Waals surface area contributed by atoms with Gasteiger partial charge < -0.3 is 9.47 Å².